The lowest BCUT2D eigenvalue weighted by Crippen LogP contribution is -2.17. The van der Waals surface area contributed by atoms with Gasteiger partial charge in [0.15, 0.2) is 0 Å². The molecular weight excluding hydrogens is 214 g/mol. The molecule has 1 aliphatic rings. The molecule has 94 valence electrons. The van der Waals surface area contributed by atoms with Crippen molar-refractivity contribution >= 4 is 0 Å². The summed E-state index contributed by atoms with van der Waals surface area (Å²) in [5, 5.41) is 3.31. The van der Waals surface area contributed by atoms with Crippen molar-refractivity contribution in [2.45, 2.75) is 40.0 Å². The van der Waals surface area contributed by atoms with Crippen LogP contribution in [0.5, 0.6) is 5.75 Å². The minimum atomic E-state index is 0.141. The van der Waals surface area contributed by atoms with E-state index >= 15 is 0 Å². The summed E-state index contributed by atoms with van der Waals surface area (Å²) in [4.78, 5) is 0. The van der Waals surface area contributed by atoms with Gasteiger partial charge in [0.25, 0.3) is 0 Å². The van der Waals surface area contributed by atoms with Crippen LogP contribution in [0, 0.1) is 20.8 Å². The van der Waals surface area contributed by atoms with Gasteiger partial charge in [-0.25, -0.2) is 0 Å². The molecule has 1 saturated heterocycles. The molecule has 2 rings (SSSR count). The van der Waals surface area contributed by atoms with E-state index in [-0.39, 0.29) is 12.3 Å². The highest BCUT2D eigenvalue weighted by Crippen LogP contribution is 2.34. The van der Waals surface area contributed by atoms with E-state index in [1.165, 1.54) is 22.3 Å². The van der Waals surface area contributed by atoms with Crippen LogP contribution < -0.4 is 10.1 Å². The minimum absolute atomic E-state index is 0.141. The molecule has 0 aromatic heterocycles. The summed E-state index contributed by atoms with van der Waals surface area (Å²) in [5.74, 6) is 0.991. The van der Waals surface area contributed by atoms with Crippen LogP contribution in [0.3, 0.4) is 0 Å². The average molecular weight is 235 g/mol. The summed E-state index contributed by atoms with van der Waals surface area (Å²) in [6.45, 7) is 9.25. The number of rotatable bonds is 2. The van der Waals surface area contributed by atoms with E-state index in [1.807, 2.05) is 6.92 Å². The van der Waals surface area contributed by atoms with Crippen molar-refractivity contribution in [3.63, 3.8) is 0 Å². The topological polar surface area (TPSA) is 30.5 Å². The standard InChI is InChI=1S/C14H21NO2/c1-8-6-12(13-7-15-11(4)17-13)9(2)10(3)14(8)16-5/h6,11,13,15H,7H2,1-5H3. The average Bonchev–Trinajstić information content (AvgIpc) is 2.71. The lowest BCUT2D eigenvalue weighted by atomic mass is 9.95. The fourth-order valence-corrected chi connectivity index (χ4v) is 2.54. The number of hydrogen-bond donors (Lipinski definition) is 1. The monoisotopic (exact) mass is 235 g/mol. The molecule has 1 aromatic rings. The first-order valence-electron chi connectivity index (χ1n) is 6.08. The van der Waals surface area contributed by atoms with Crippen molar-refractivity contribution in [1.82, 2.24) is 5.32 Å². The first-order valence-corrected chi connectivity index (χ1v) is 6.08. The molecular formula is C14H21NO2. The van der Waals surface area contributed by atoms with Crippen molar-refractivity contribution in [2.24, 2.45) is 0 Å². The fraction of sp³-hybridized carbons (Fsp3) is 0.571. The summed E-state index contributed by atoms with van der Waals surface area (Å²) in [5.41, 5.74) is 4.94. The largest absolute Gasteiger partial charge is 0.496 e. The third-order valence-electron chi connectivity index (χ3n) is 3.58. The Morgan fingerprint density at radius 3 is 2.53 bits per heavy atom. The van der Waals surface area contributed by atoms with E-state index in [0.717, 1.165) is 12.3 Å². The third-order valence-corrected chi connectivity index (χ3v) is 3.58. The fourth-order valence-electron chi connectivity index (χ4n) is 2.54. The Labute approximate surface area is 103 Å². The molecule has 0 spiro atoms. The Balaban J connectivity index is 2.42. The zero-order valence-electron chi connectivity index (χ0n) is 11.3. The highest BCUT2D eigenvalue weighted by atomic mass is 16.5. The Kier molecular flexibility index (Phi) is 3.40. The Morgan fingerprint density at radius 1 is 1.29 bits per heavy atom. The van der Waals surface area contributed by atoms with E-state index < -0.39 is 0 Å². The van der Waals surface area contributed by atoms with Crippen molar-refractivity contribution in [1.29, 1.82) is 0 Å². The molecule has 2 atom stereocenters. The molecule has 3 nitrogen and oxygen atoms in total. The predicted octanol–water partition coefficient (Wildman–Crippen LogP) is 2.63. The molecule has 0 aliphatic carbocycles. The van der Waals surface area contributed by atoms with Crippen LogP contribution in [0.25, 0.3) is 0 Å². The van der Waals surface area contributed by atoms with E-state index in [0.29, 0.717) is 0 Å². The molecule has 0 bridgehead atoms. The van der Waals surface area contributed by atoms with Gasteiger partial charge in [-0.15, -0.1) is 0 Å². The lowest BCUT2D eigenvalue weighted by Gasteiger charge is -2.19. The van der Waals surface area contributed by atoms with Gasteiger partial charge in [-0.3, -0.25) is 5.32 Å². The van der Waals surface area contributed by atoms with E-state index in [2.05, 4.69) is 32.2 Å². The van der Waals surface area contributed by atoms with Crippen LogP contribution in [0.15, 0.2) is 6.07 Å². The van der Waals surface area contributed by atoms with E-state index in [1.54, 1.807) is 7.11 Å². The summed E-state index contributed by atoms with van der Waals surface area (Å²) < 4.78 is 11.3. The van der Waals surface area contributed by atoms with Crippen LogP contribution in [-0.4, -0.2) is 19.9 Å². The van der Waals surface area contributed by atoms with Gasteiger partial charge in [0.05, 0.1) is 13.2 Å². The van der Waals surface area contributed by atoms with Crippen molar-refractivity contribution in [2.75, 3.05) is 13.7 Å². The lowest BCUT2D eigenvalue weighted by molar-refractivity contribution is 0.0525. The van der Waals surface area contributed by atoms with Gasteiger partial charge < -0.3 is 9.47 Å². The molecule has 0 saturated carbocycles. The smallest absolute Gasteiger partial charge is 0.124 e. The molecule has 0 radical (unpaired) electrons. The highest BCUT2D eigenvalue weighted by molar-refractivity contribution is 5.49. The molecule has 1 N–H and O–H groups in total. The zero-order chi connectivity index (χ0) is 12.6. The maximum Gasteiger partial charge on any atom is 0.124 e. The number of aryl methyl sites for hydroxylation is 1. The van der Waals surface area contributed by atoms with Crippen molar-refractivity contribution < 1.29 is 9.47 Å². The molecule has 1 aliphatic heterocycles. The van der Waals surface area contributed by atoms with Gasteiger partial charge in [0.1, 0.15) is 12.0 Å². The molecule has 17 heavy (non-hydrogen) atoms. The second-order valence-corrected chi connectivity index (χ2v) is 4.74. The molecule has 1 aromatic carbocycles. The number of methoxy groups -OCH3 is 1. The van der Waals surface area contributed by atoms with Crippen LogP contribution in [0.2, 0.25) is 0 Å². The number of ether oxygens (including phenoxy) is 2. The van der Waals surface area contributed by atoms with Crippen molar-refractivity contribution in [3.8, 4) is 5.75 Å². The second kappa shape index (κ2) is 4.67. The quantitative estimate of drug-likeness (QED) is 0.854. The zero-order valence-corrected chi connectivity index (χ0v) is 11.3. The SMILES string of the molecule is COc1c(C)cc(C2CNC(C)O2)c(C)c1C. The molecule has 0 amide bonds. The van der Waals surface area contributed by atoms with Gasteiger partial charge in [-0.1, -0.05) is 0 Å². The molecule has 1 heterocycles. The van der Waals surface area contributed by atoms with E-state index in [4.69, 9.17) is 9.47 Å². The van der Waals surface area contributed by atoms with Gasteiger partial charge in [-0.05, 0) is 56.0 Å². The first-order chi connectivity index (χ1) is 8.04. The Morgan fingerprint density at radius 2 is 2.00 bits per heavy atom. The van der Waals surface area contributed by atoms with Gasteiger partial charge >= 0.3 is 0 Å². The highest BCUT2D eigenvalue weighted by Gasteiger charge is 2.25. The van der Waals surface area contributed by atoms with Gasteiger partial charge in [0, 0.05) is 6.54 Å². The van der Waals surface area contributed by atoms with Crippen molar-refractivity contribution in [3.05, 3.63) is 28.3 Å². The van der Waals surface area contributed by atoms with Crippen LogP contribution in [-0.2, 0) is 4.74 Å². The summed E-state index contributed by atoms with van der Waals surface area (Å²) in [7, 11) is 1.73. The maximum absolute atomic E-state index is 5.86. The van der Waals surface area contributed by atoms with Crippen LogP contribution in [0.1, 0.15) is 35.3 Å². The first kappa shape index (κ1) is 12.4. The summed E-state index contributed by atoms with van der Waals surface area (Å²) in [6.07, 6.45) is 0.301. The van der Waals surface area contributed by atoms with E-state index in [9.17, 15) is 0 Å². The maximum atomic E-state index is 5.86. The van der Waals surface area contributed by atoms with Crippen LogP contribution >= 0.6 is 0 Å². The Bertz CT molecular complexity index is 429. The number of nitrogens with one attached hydrogen (secondary N) is 1. The summed E-state index contributed by atoms with van der Waals surface area (Å²) in [6, 6.07) is 2.19. The molecule has 3 heteroatoms. The van der Waals surface area contributed by atoms with Gasteiger partial charge in [-0.2, -0.15) is 0 Å². The normalized spacial score (nSPS) is 24.1. The molecule has 2 unspecified atom stereocenters. The van der Waals surface area contributed by atoms with Gasteiger partial charge in [0.2, 0.25) is 0 Å². The third kappa shape index (κ3) is 2.17. The molecule has 1 fully saturated rings. The van der Waals surface area contributed by atoms with Crippen LogP contribution in [0.4, 0.5) is 0 Å². The number of hydrogen-bond acceptors (Lipinski definition) is 3. The minimum Gasteiger partial charge on any atom is -0.496 e. The second-order valence-electron chi connectivity index (χ2n) is 4.74. The predicted molar refractivity (Wildman–Crippen MR) is 68.5 cm³/mol. The summed E-state index contributed by atoms with van der Waals surface area (Å²) >= 11 is 0. The number of benzene rings is 1. The Hall–Kier alpha value is -1.06.